The van der Waals surface area contributed by atoms with Crippen LogP contribution in [0.15, 0.2) is 103 Å². The first-order valence-corrected chi connectivity index (χ1v) is 14.2. The Morgan fingerprint density at radius 2 is 1.62 bits per heavy atom. The molecule has 2 N–H and O–H groups in total. The van der Waals surface area contributed by atoms with Crippen LogP contribution in [-0.4, -0.2) is 42.0 Å². The number of benzene rings is 4. The minimum atomic E-state index is -1.03. The number of halogens is 1. The van der Waals surface area contributed by atoms with Gasteiger partial charge in [0, 0.05) is 40.4 Å². The number of para-hydroxylation sites is 1. The Kier molecular flexibility index (Phi) is 10.7. The highest BCUT2D eigenvalue weighted by atomic mass is 35.5. The molecule has 0 radical (unpaired) electrons. The summed E-state index contributed by atoms with van der Waals surface area (Å²) < 4.78 is 5.91. The number of carboxylic acid groups (broad SMARTS) is 1. The summed E-state index contributed by atoms with van der Waals surface area (Å²) in [5, 5.41) is 13.6. The number of nitrogens with one attached hydrogen (secondary N) is 1. The summed E-state index contributed by atoms with van der Waals surface area (Å²) in [6, 6.07) is 29.2. The van der Waals surface area contributed by atoms with Gasteiger partial charge in [0.2, 0.25) is 5.91 Å². The lowest BCUT2D eigenvalue weighted by molar-refractivity contribution is -0.137. The molecule has 0 bridgehead atoms. The monoisotopic (exact) mass is 584 g/mol. The number of nitrogens with zero attached hydrogens (tertiary/aromatic N) is 1. The van der Waals surface area contributed by atoms with E-state index in [1.807, 2.05) is 37.3 Å². The third-order valence-corrected chi connectivity index (χ3v) is 6.90. The van der Waals surface area contributed by atoms with Gasteiger partial charge in [0.05, 0.1) is 6.54 Å². The molecule has 0 fully saturated rings. The highest BCUT2D eigenvalue weighted by Gasteiger charge is 2.21. The molecule has 8 heteroatoms. The maximum atomic E-state index is 13.1. The average molecular weight is 585 g/mol. The predicted molar refractivity (Wildman–Crippen MR) is 166 cm³/mol. The Balaban J connectivity index is 1.39. The second-order valence-corrected chi connectivity index (χ2v) is 10.2. The molecule has 0 aliphatic rings. The lowest BCUT2D eigenvalue weighted by Crippen LogP contribution is -2.34. The van der Waals surface area contributed by atoms with E-state index in [9.17, 15) is 19.5 Å². The van der Waals surface area contributed by atoms with Crippen molar-refractivity contribution < 1.29 is 24.2 Å². The topological polar surface area (TPSA) is 95.9 Å². The molecule has 4 aromatic rings. The van der Waals surface area contributed by atoms with E-state index in [1.54, 1.807) is 77.7 Å². The molecule has 0 aliphatic heterocycles. The van der Waals surface area contributed by atoms with Gasteiger partial charge in [-0.25, -0.2) is 4.79 Å². The molecule has 0 saturated carbocycles. The van der Waals surface area contributed by atoms with Gasteiger partial charge >= 0.3 is 5.97 Å². The van der Waals surface area contributed by atoms with E-state index in [1.165, 1.54) is 0 Å². The van der Waals surface area contributed by atoms with Crippen LogP contribution in [0.4, 0.5) is 11.4 Å². The normalized spacial score (nSPS) is 11.4. The number of hydrogen-bond acceptors (Lipinski definition) is 5. The molecular formula is C34H33ClN2O5. The number of rotatable bonds is 14. The zero-order valence-corrected chi connectivity index (χ0v) is 24.1. The van der Waals surface area contributed by atoms with Crippen molar-refractivity contribution in [3.05, 3.63) is 125 Å². The summed E-state index contributed by atoms with van der Waals surface area (Å²) in [5.74, 6) is -0.617. The average Bonchev–Trinajstić information content (AvgIpc) is 3.00. The summed E-state index contributed by atoms with van der Waals surface area (Å²) in [6.07, 6.45) is 1.35. The molecule has 1 unspecified atom stereocenters. The maximum absolute atomic E-state index is 13.1. The first-order chi connectivity index (χ1) is 20.4. The van der Waals surface area contributed by atoms with E-state index in [0.29, 0.717) is 40.6 Å². The molecule has 0 saturated heterocycles. The van der Waals surface area contributed by atoms with Crippen molar-refractivity contribution in [3.63, 3.8) is 0 Å². The largest absolute Gasteiger partial charge is 0.492 e. The van der Waals surface area contributed by atoms with Crippen LogP contribution >= 0.6 is 11.6 Å². The molecule has 0 spiro atoms. The van der Waals surface area contributed by atoms with Gasteiger partial charge in [0.15, 0.2) is 5.78 Å². The van der Waals surface area contributed by atoms with Gasteiger partial charge in [0.1, 0.15) is 18.4 Å². The third-order valence-electron chi connectivity index (χ3n) is 6.67. The number of aliphatic carboxylic acids is 1. The van der Waals surface area contributed by atoms with Crippen molar-refractivity contribution >= 4 is 40.6 Å². The van der Waals surface area contributed by atoms with Crippen molar-refractivity contribution in [2.24, 2.45) is 0 Å². The maximum Gasteiger partial charge on any atom is 0.326 e. The molecule has 4 aromatic carbocycles. The van der Waals surface area contributed by atoms with Crippen molar-refractivity contribution in [2.45, 2.75) is 32.2 Å². The molecule has 7 nitrogen and oxygen atoms in total. The van der Waals surface area contributed by atoms with Gasteiger partial charge in [0.25, 0.3) is 0 Å². The van der Waals surface area contributed by atoms with Crippen LogP contribution in [0.1, 0.15) is 41.3 Å². The van der Waals surface area contributed by atoms with E-state index >= 15 is 0 Å². The van der Waals surface area contributed by atoms with Gasteiger partial charge in [-0.3, -0.25) is 9.59 Å². The van der Waals surface area contributed by atoms with Gasteiger partial charge in [-0.1, -0.05) is 79.2 Å². The van der Waals surface area contributed by atoms with Crippen molar-refractivity contribution in [1.29, 1.82) is 0 Å². The first kappa shape index (κ1) is 30.3. The Morgan fingerprint density at radius 3 is 2.31 bits per heavy atom. The zero-order valence-electron chi connectivity index (χ0n) is 23.3. The number of carboxylic acids is 1. The second-order valence-electron chi connectivity index (χ2n) is 9.75. The van der Waals surface area contributed by atoms with Crippen LogP contribution in [0, 0.1) is 0 Å². The van der Waals surface area contributed by atoms with Crippen LogP contribution in [0.5, 0.6) is 5.75 Å². The van der Waals surface area contributed by atoms with Crippen LogP contribution in [0.25, 0.3) is 0 Å². The molecule has 0 aromatic heterocycles. The van der Waals surface area contributed by atoms with E-state index < -0.39 is 12.0 Å². The Labute approximate surface area is 250 Å². The molecule has 42 heavy (non-hydrogen) atoms. The Hall–Kier alpha value is -4.62. The lowest BCUT2D eigenvalue weighted by Gasteiger charge is -2.23. The van der Waals surface area contributed by atoms with Gasteiger partial charge < -0.3 is 20.1 Å². The lowest BCUT2D eigenvalue weighted by atomic mass is 10.00. The molecular weight excluding hydrogens is 552 g/mol. The summed E-state index contributed by atoms with van der Waals surface area (Å²) in [6.45, 7) is 2.58. The minimum Gasteiger partial charge on any atom is -0.492 e. The second kappa shape index (κ2) is 14.8. The number of anilines is 2. The predicted octanol–water partition coefficient (Wildman–Crippen LogP) is 6.89. The Bertz CT molecular complexity index is 1510. The summed E-state index contributed by atoms with van der Waals surface area (Å²) >= 11 is 6.14. The molecule has 4 rings (SSSR count). The standard InChI is InChI=1S/C34H33ClN2O5/c1-2-9-32(38)37(27-13-8-12-26(35)23-27)20-21-42-28-18-16-24(17-19-28)22-31(34(40)41)36-30-15-7-6-14-29(30)33(39)25-10-4-3-5-11-25/h3-8,10-19,23,31,36H,2,9,20-22H2,1H3,(H,40,41). The number of carbonyl (C=O) groups is 3. The molecule has 1 atom stereocenters. The SMILES string of the molecule is CCCC(=O)N(CCOc1ccc(CC(Nc2ccccc2C(=O)c2ccccc2)C(=O)O)cc1)c1cccc(Cl)c1. The minimum absolute atomic E-state index is 0.00188. The molecule has 1 amide bonds. The number of amides is 1. The van der Waals surface area contributed by atoms with Crippen LogP contribution in [0.2, 0.25) is 5.02 Å². The van der Waals surface area contributed by atoms with E-state index in [4.69, 9.17) is 16.3 Å². The van der Waals surface area contributed by atoms with Crippen molar-refractivity contribution in [2.75, 3.05) is 23.4 Å². The smallest absolute Gasteiger partial charge is 0.326 e. The molecule has 0 heterocycles. The fourth-order valence-corrected chi connectivity index (χ4v) is 4.73. The first-order valence-electron chi connectivity index (χ1n) is 13.8. The number of carbonyl (C=O) groups excluding carboxylic acids is 2. The molecule has 0 aliphatic carbocycles. The highest BCUT2D eigenvalue weighted by Crippen LogP contribution is 2.23. The zero-order chi connectivity index (χ0) is 29.9. The summed E-state index contributed by atoms with van der Waals surface area (Å²) in [7, 11) is 0. The molecule has 216 valence electrons. The van der Waals surface area contributed by atoms with Gasteiger partial charge in [-0.05, 0) is 54.4 Å². The Morgan fingerprint density at radius 1 is 0.905 bits per heavy atom. The quantitative estimate of drug-likeness (QED) is 0.157. The number of ether oxygens (including phenoxy) is 1. The summed E-state index contributed by atoms with van der Waals surface area (Å²) in [5.41, 5.74) is 2.90. The fraction of sp³-hybridized carbons (Fsp3) is 0.206. The fourth-order valence-electron chi connectivity index (χ4n) is 4.54. The van der Waals surface area contributed by atoms with Crippen molar-refractivity contribution in [3.8, 4) is 5.75 Å². The number of hydrogen-bond donors (Lipinski definition) is 2. The van der Waals surface area contributed by atoms with Crippen LogP contribution < -0.4 is 15.0 Å². The van der Waals surface area contributed by atoms with Gasteiger partial charge in [-0.15, -0.1) is 0 Å². The van der Waals surface area contributed by atoms with Crippen LogP contribution in [-0.2, 0) is 16.0 Å². The van der Waals surface area contributed by atoms with Crippen LogP contribution in [0.3, 0.4) is 0 Å². The van der Waals surface area contributed by atoms with Crippen molar-refractivity contribution in [1.82, 2.24) is 0 Å². The third kappa shape index (κ3) is 8.21. The van der Waals surface area contributed by atoms with E-state index in [2.05, 4.69) is 5.32 Å². The van der Waals surface area contributed by atoms with Gasteiger partial charge in [-0.2, -0.15) is 0 Å². The highest BCUT2D eigenvalue weighted by molar-refractivity contribution is 6.30. The van der Waals surface area contributed by atoms with E-state index in [-0.39, 0.29) is 24.7 Å². The summed E-state index contributed by atoms with van der Waals surface area (Å²) in [4.78, 5) is 39.6. The number of ketones is 1. The van der Waals surface area contributed by atoms with E-state index in [0.717, 1.165) is 17.7 Å².